The molecule has 72 valence electrons. The van der Waals surface area contributed by atoms with E-state index >= 15 is 0 Å². The molecular weight excluding hydrogens is 210 g/mol. The monoisotopic (exact) mass is 219 g/mol. The van der Waals surface area contributed by atoms with E-state index in [1.54, 1.807) is 19.1 Å². The van der Waals surface area contributed by atoms with Gasteiger partial charge >= 0.3 is 0 Å². The molecule has 1 aromatic heterocycles. The van der Waals surface area contributed by atoms with Crippen LogP contribution in [-0.2, 0) is 0 Å². The maximum Gasteiger partial charge on any atom is 0.261 e. The van der Waals surface area contributed by atoms with Gasteiger partial charge in [-0.2, -0.15) is 0 Å². The Morgan fingerprint density at radius 2 is 2.46 bits per heavy atom. The van der Waals surface area contributed by atoms with Crippen LogP contribution in [0.3, 0.4) is 0 Å². The van der Waals surface area contributed by atoms with Gasteiger partial charge in [0.25, 0.3) is 5.91 Å². The number of hydrogen-bond donors (Lipinski definition) is 2. The zero-order chi connectivity index (χ0) is 9.84. The van der Waals surface area contributed by atoms with Crippen LogP contribution in [0, 0.1) is 0 Å². The largest absolute Gasteiger partial charge is 0.394 e. The Kier molecular flexibility index (Phi) is 3.71. The van der Waals surface area contributed by atoms with Crippen molar-refractivity contribution < 1.29 is 9.90 Å². The van der Waals surface area contributed by atoms with Crippen molar-refractivity contribution in [2.24, 2.45) is 0 Å². The minimum absolute atomic E-state index is 0.0646. The molecule has 0 spiro atoms. The van der Waals surface area contributed by atoms with Gasteiger partial charge in [0, 0.05) is 6.04 Å². The van der Waals surface area contributed by atoms with E-state index in [1.165, 1.54) is 11.3 Å². The lowest BCUT2D eigenvalue weighted by Gasteiger charge is -2.08. The minimum Gasteiger partial charge on any atom is -0.394 e. The van der Waals surface area contributed by atoms with E-state index in [2.05, 4.69) is 5.32 Å². The van der Waals surface area contributed by atoms with Crippen molar-refractivity contribution in [3.05, 3.63) is 21.3 Å². The van der Waals surface area contributed by atoms with Gasteiger partial charge in [0.05, 0.1) is 15.8 Å². The third kappa shape index (κ3) is 2.99. The molecule has 1 amide bonds. The Morgan fingerprint density at radius 3 is 2.92 bits per heavy atom. The summed E-state index contributed by atoms with van der Waals surface area (Å²) in [5.74, 6) is -0.196. The highest BCUT2D eigenvalue weighted by Gasteiger charge is 2.10. The van der Waals surface area contributed by atoms with Crippen LogP contribution < -0.4 is 5.32 Å². The van der Waals surface area contributed by atoms with Crippen LogP contribution in [0.25, 0.3) is 0 Å². The molecule has 1 aromatic rings. The van der Waals surface area contributed by atoms with Crippen molar-refractivity contribution in [2.75, 3.05) is 6.61 Å². The first-order valence-electron chi connectivity index (χ1n) is 3.80. The van der Waals surface area contributed by atoms with Crippen LogP contribution in [0.2, 0.25) is 4.34 Å². The summed E-state index contributed by atoms with van der Waals surface area (Å²) in [4.78, 5) is 11.9. The molecule has 5 heteroatoms. The second kappa shape index (κ2) is 4.60. The van der Waals surface area contributed by atoms with Crippen molar-refractivity contribution >= 4 is 28.8 Å². The van der Waals surface area contributed by atoms with E-state index in [4.69, 9.17) is 16.7 Å². The molecule has 0 radical (unpaired) electrons. The number of amides is 1. The lowest BCUT2D eigenvalue weighted by atomic mass is 10.3. The highest BCUT2D eigenvalue weighted by Crippen LogP contribution is 2.21. The number of nitrogens with one attached hydrogen (secondary N) is 1. The molecule has 0 aromatic carbocycles. The quantitative estimate of drug-likeness (QED) is 0.810. The van der Waals surface area contributed by atoms with Gasteiger partial charge in [0.2, 0.25) is 0 Å². The minimum atomic E-state index is -0.228. The van der Waals surface area contributed by atoms with E-state index in [0.717, 1.165) is 0 Å². The second-order valence-corrected chi connectivity index (χ2v) is 4.38. The Labute approximate surface area is 85.3 Å². The van der Waals surface area contributed by atoms with Crippen molar-refractivity contribution in [3.63, 3.8) is 0 Å². The van der Waals surface area contributed by atoms with Crippen LogP contribution >= 0.6 is 22.9 Å². The van der Waals surface area contributed by atoms with Gasteiger partial charge in [-0.05, 0) is 19.1 Å². The van der Waals surface area contributed by atoms with Gasteiger partial charge in [-0.25, -0.2) is 0 Å². The Hall–Kier alpha value is -0.580. The van der Waals surface area contributed by atoms with Gasteiger partial charge in [-0.15, -0.1) is 11.3 Å². The molecule has 1 heterocycles. The molecule has 0 saturated carbocycles. The molecule has 0 saturated heterocycles. The molecule has 0 fully saturated rings. The van der Waals surface area contributed by atoms with Crippen LogP contribution in [0.1, 0.15) is 16.6 Å². The third-order valence-electron chi connectivity index (χ3n) is 1.45. The summed E-state index contributed by atoms with van der Waals surface area (Å²) < 4.78 is 0.585. The lowest BCUT2D eigenvalue weighted by Crippen LogP contribution is -2.34. The summed E-state index contributed by atoms with van der Waals surface area (Å²) in [5.41, 5.74) is 0. The maximum absolute atomic E-state index is 11.4. The van der Waals surface area contributed by atoms with E-state index in [0.29, 0.717) is 9.21 Å². The molecule has 1 atom stereocenters. The molecule has 0 aliphatic rings. The number of aliphatic hydroxyl groups is 1. The molecule has 0 aliphatic carbocycles. The Balaban J connectivity index is 2.58. The molecule has 3 nitrogen and oxygen atoms in total. The fourth-order valence-corrected chi connectivity index (χ4v) is 1.72. The standard InChI is InChI=1S/C8H10ClNO2S/c1-5(4-11)10-8(12)6-2-3-7(9)13-6/h2-3,5,11H,4H2,1H3,(H,10,12). The number of carbonyl (C=O) groups is 1. The number of thiophene rings is 1. The molecule has 0 aliphatic heterocycles. The van der Waals surface area contributed by atoms with Crippen LogP contribution in [-0.4, -0.2) is 23.7 Å². The number of rotatable bonds is 3. The van der Waals surface area contributed by atoms with E-state index in [1.807, 2.05) is 0 Å². The van der Waals surface area contributed by atoms with Gasteiger partial charge in [-0.3, -0.25) is 4.79 Å². The lowest BCUT2D eigenvalue weighted by molar-refractivity contribution is 0.0926. The molecule has 1 unspecified atom stereocenters. The van der Waals surface area contributed by atoms with E-state index in [9.17, 15) is 4.79 Å². The fraction of sp³-hybridized carbons (Fsp3) is 0.375. The summed E-state index contributed by atoms with van der Waals surface area (Å²) in [6, 6.07) is 3.10. The van der Waals surface area contributed by atoms with Crippen molar-refractivity contribution in [1.82, 2.24) is 5.32 Å². The van der Waals surface area contributed by atoms with Crippen molar-refractivity contribution in [1.29, 1.82) is 0 Å². The molecule has 1 rings (SSSR count). The zero-order valence-electron chi connectivity index (χ0n) is 7.08. The highest BCUT2D eigenvalue weighted by atomic mass is 35.5. The van der Waals surface area contributed by atoms with Crippen molar-refractivity contribution in [3.8, 4) is 0 Å². The normalized spacial score (nSPS) is 12.5. The number of hydrogen-bond acceptors (Lipinski definition) is 3. The van der Waals surface area contributed by atoms with E-state index < -0.39 is 0 Å². The van der Waals surface area contributed by atoms with Crippen molar-refractivity contribution in [2.45, 2.75) is 13.0 Å². The third-order valence-corrected chi connectivity index (χ3v) is 2.68. The first-order valence-corrected chi connectivity index (χ1v) is 5.00. The zero-order valence-corrected chi connectivity index (χ0v) is 8.65. The van der Waals surface area contributed by atoms with Gasteiger partial charge in [-0.1, -0.05) is 11.6 Å². The predicted molar refractivity (Wildman–Crippen MR) is 53.3 cm³/mol. The summed E-state index contributed by atoms with van der Waals surface area (Å²) in [6.45, 7) is 1.66. The fourth-order valence-electron chi connectivity index (χ4n) is 0.777. The number of halogens is 1. The Morgan fingerprint density at radius 1 is 1.77 bits per heavy atom. The smallest absolute Gasteiger partial charge is 0.261 e. The molecule has 0 bridgehead atoms. The van der Waals surface area contributed by atoms with Crippen LogP contribution in [0.15, 0.2) is 12.1 Å². The summed E-state index contributed by atoms with van der Waals surface area (Å²) in [5, 5.41) is 11.3. The van der Waals surface area contributed by atoms with Crippen LogP contribution in [0.5, 0.6) is 0 Å². The van der Waals surface area contributed by atoms with Crippen LogP contribution in [0.4, 0.5) is 0 Å². The summed E-state index contributed by atoms with van der Waals surface area (Å²) >= 11 is 6.88. The van der Waals surface area contributed by atoms with Gasteiger partial charge < -0.3 is 10.4 Å². The maximum atomic E-state index is 11.4. The predicted octanol–water partition coefficient (Wildman–Crippen LogP) is 1.51. The summed E-state index contributed by atoms with van der Waals surface area (Å²) in [7, 11) is 0. The summed E-state index contributed by atoms with van der Waals surface area (Å²) in [6.07, 6.45) is 0. The second-order valence-electron chi connectivity index (χ2n) is 2.66. The highest BCUT2D eigenvalue weighted by molar-refractivity contribution is 7.17. The SMILES string of the molecule is CC(CO)NC(=O)c1ccc(Cl)s1. The first kappa shape index (κ1) is 10.5. The number of aliphatic hydroxyl groups excluding tert-OH is 1. The Bertz CT molecular complexity index is 300. The van der Waals surface area contributed by atoms with Gasteiger partial charge in [0.1, 0.15) is 0 Å². The van der Waals surface area contributed by atoms with E-state index in [-0.39, 0.29) is 18.6 Å². The molecular formula is C8H10ClNO2S. The average Bonchev–Trinajstić information content (AvgIpc) is 2.51. The molecule has 2 N–H and O–H groups in total. The first-order chi connectivity index (χ1) is 6.13. The topological polar surface area (TPSA) is 49.3 Å². The average molecular weight is 220 g/mol. The van der Waals surface area contributed by atoms with Gasteiger partial charge in [0.15, 0.2) is 0 Å². The number of carbonyl (C=O) groups excluding carboxylic acids is 1. The molecule has 13 heavy (non-hydrogen) atoms.